The van der Waals surface area contributed by atoms with Crippen molar-refractivity contribution in [3.05, 3.63) is 140 Å². The number of aromatic nitrogens is 7. The van der Waals surface area contributed by atoms with Crippen LogP contribution in [-0.4, -0.2) is 84.7 Å². The third-order valence-electron chi connectivity index (χ3n) is 14.0. The fraction of sp³-hybridized carbons (Fsp3) is 0.370. The van der Waals surface area contributed by atoms with Crippen LogP contribution in [-0.2, 0) is 26.4 Å². The predicted octanol–water partition coefficient (Wildman–Crippen LogP) is 5.69. The number of aromatic amines is 1. The van der Waals surface area contributed by atoms with Gasteiger partial charge in [-0.1, -0.05) is 5.16 Å². The maximum absolute atomic E-state index is 15.4. The molecule has 3 fully saturated rings. The number of benzene rings is 2. The number of H-pyrrole nitrogens is 1. The van der Waals surface area contributed by atoms with Crippen LogP contribution in [0.4, 0.5) is 10.1 Å². The van der Waals surface area contributed by atoms with Crippen molar-refractivity contribution >= 4 is 26.9 Å². The highest BCUT2D eigenvalue weighted by Gasteiger charge is 2.54. The van der Waals surface area contributed by atoms with Gasteiger partial charge in [-0.25, -0.2) is 27.1 Å². The highest BCUT2D eigenvalue weighted by Crippen LogP contribution is 2.54. The van der Waals surface area contributed by atoms with E-state index < -0.39 is 32.7 Å². The van der Waals surface area contributed by atoms with Crippen molar-refractivity contribution in [1.29, 1.82) is 0 Å². The maximum Gasteiger partial charge on any atom is 0.438 e. The first kappa shape index (κ1) is 39.1. The molecule has 2 aromatic carbocycles. The number of anilines is 1. The predicted molar refractivity (Wildman–Crippen MR) is 231 cm³/mol. The minimum absolute atomic E-state index is 0.0163. The highest BCUT2D eigenvalue weighted by atomic mass is 32.2. The Morgan fingerprint density at radius 1 is 0.922 bits per heavy atom. The normalized spacial score (nSPS) is 20.2. The summed E-state index contributed by atoms with van der Waals surface area (Å²) in [6, 6.07) is 15.3. The summed E-state index contributed by atoms with van der Waals surface area (Å²) in [6.45, 7) is 3.91. The Bertz CT molecular complexity index is 3310. The lowest BCUT2D eigenvalue weighted by Crippen LogP contribution is -2.40. The Morgan fingerprint density at radius 3 is 2.48 bits per heavy atom. The number of nitrogens with one attached hydrogen (secondary N) is 2. The number of hydrogen-bond donors (Lipinski definition) is 2. The zero-order valence-corrected chi connectivity index (χ0v) is 35.7. The van der Waals surface area contributed by atoms with Crippen LogP contribution in [0.3, 0.4) is 0 Å². The van der Waals surface area contributed by atoms with Crippen LogP contribution in [0, 0.1) is 5.82 Å². The van der Waals surface area contributed by atoms with Gasteiger partial charge < -0.3 is 19.4 Å². The van der Waals surface area contributed by atoms with Crippen LogP contribution in [0.5, 0.6) is 0 Å². The molecule has 0 unspecified atom stereocenters. The van der Waals surface area contributed by atoms with Crippen molar-refractivity contribution in [1.82, 2.24) is 38.4 Å². The molecule has 0 radical (unpaired) electrons. The fourth-order valence-corrected chi connectivity index (χ4v) is 11.7. The van der Waals surface area contributed by atoms with E-state index in [0.29, 0.717) is 96.0 Å². The van der Waals surface area contributed by atoms with Crippen molar-refractivity contribution in [3.63, 3.8) is 0 Å². The molecule has 3 aliphatic heterocycles. The van der Waals surface area contributed by atoms with E-state index in [4.69, 9.17) is 14.4 Å². The lowest BCUT2D eigenvalue weighted by atomic mass is 9.92. The molecule has 8 heterocycles. The van der Waals surface area contributed by atoms with Gasteiger partial charge in [0.25, 0.3) is 5.91 Å². The lowest BCUT2D eigenvalue weighted by molar-refractivity contribution is 0.0675. The fourth-order valence-electron chi connectivity index (χ4n) is 10.4. The zero-order chi connectivity index (χ0) is 43.6. The molecule has 64 heavy (non-hydrogen) atoms. The molecule has 328 valence electrons. The topological polar surface area (TPSA) is 184 Å². The Labute approximate surface area is 365 Å². The summed E-state index contributed by atoms with van der Waals surface area (Å²) in [6.07, 6.45) is 10.5. The van der Waals surface area contributed by atoms with Crippen LogP contribution in [0.15, 0.2) is 92.2 Å². The van der Waals surface area contributed by atoms with Crippen LogP contribution >= 0.6 is 0 Å². The van der Waals surface area contributed by atoms with Gasteiger partial charge in [-0.05, 0) is 123 Å². The van der Waals surface area contributed by atoms with E-state index in [2.05, 4.69) is 27.6 Å². The molecule has 18 heteroatoms. The quantitative estimate of drug-likeness (QED) is 0.192. The number of rotatable bonds is 8. The monoisotopic (exact) mass is 885 g/mol. The van der Waals surface area contributed by atoms with E-state index >= 15 is 9.18 Å². The number of sulfone groups is 1. The molecule has 5 aromatic heterocycles. The van der Waals surface area contributed by atoms with Crippen molar-refractivity contribution in [2.75, 3.05) is 37.4 Å². The van der Waals surface area contributed by atoms with Gasteiger partial charge in [0.15, 0.2) is 15.7 Å². The van der Waals surface area contributed by atoms with Gasteiger partial charge >= 0.3 is 11.4 Å². The Morgan fingerprint density at radius 2 is 1.72 bits per heavy atom. The van der Waals surface area contributed by atoms with Gasteiger partial charge in [-0.2, -0.15) is 5.10 Å². The van der Waals surface area contributed by atoms with Crippen LogP contribution < -0.4 is 16.8 Å². The Kier molecular flexibility index (Phi) is 8.70. The smallest absolute Gasteiger partial charge is 0.383 e. The maximum atomic E-state index is 15.4. The molecule has 2 saturated carbocycles. The summed E-state index contributed by atoms with van der Waals surface area (Å²) in [4.78, 5) is 47.2. The number of hydrogen-bond acceptors (Lipinski definition) is 10. The molecule has 0 spiro atoms. The summed E-state index contributed by atoms with van der Waals surface area (Å²) in [5.41, 5.74) is 5.47. The summed E-state index contributed by atoms with van der Waals surface area (Å²) in [5, 5.41) is 12.4. The SMILES string of the molecule is C[C@H]1c2c(nn(-c3ccc(F)c(C4CC4)c3)c2-n2ccn(-c3ccc4c(c3)NCCS4(=O)=O)c2=O)CCN1C(=O)c1cc2cc(C3CCOCC3)ccn2c1C1(c2noc(=O)[nH]2)CC1. The molecule has 7 aromatic rings. The van der Waals surface area contributed by atoms with E-state index in [9.17, 15) is 18.0 Å². The van der Waals surface area contributed by atoms with E-state index in [1.54, 1.807) is 41.3 Å². The lowest BCUT2D eigenvalue weighted by Gasteiger charge is -2.34. The first-order valence-electron chi connectivity index (χ1n) is 21.9. The number of imidazole rings is 1. The number of carbonyl (C=O) groups is 1. The van der Waals surface area contributed by atoms with Crippen molar-refractivity contribution < 1.29 is 26.9 Å². The molecular weight excluding hydrogens is 842 g/mol. The van der Waals surface area contributed by atoms with Gasteiger partial charge in [-0.3, -0.25) is 23.4 Å². The van der Waals surface area contributed by atoms with E-state index in [-0.39, 0.29) is 34.8 Å². The minimum atomic E-state index is -3.46. The number of carbonyl (C=O) groups excluding carboxylic acids is 1. The highest BCUT2D eigenvalue weighted by molar-refractivity contribution is 7.91. The second-order valence-electron chi connectivity index (χ2n) is 17.8. The number of nitrogens with zero attached hydrogens (tertiary/aromatic N) is 7. The average Bonchev–Trinajstić information content (AvgIpc) is 4.12. The number of ether oxygens (including phenoxy) is 1. The minimum Gasteiger partial charge on any atom is -0.383 e. The molecule has 12 rings (SSSR count). The summed E-state index contributed by atoms with van der Waals surface area (Å²) in [5.74, 6) is 0.0331. The molecule has 2 aliphatic carbocycles. The van der Waals surface area contributed by atoms with Gasteiger partial charge in [-0.15, -0.1) is 0 Å². The van der Waals surface area contributed by atoms with Crippen LogP contribution in [0.2, 0.25) is 0 Å². The molecule has 2 N–H and O–H groups in total. The second-order valence-corrected chi connectivity index (χ2v) is 19.9. The summed E-state index contributed by atoms with van der Waals surface area (Å²) in [7, 11) is -3.46. The van der Waals surface area contributed by atoms with Crippen molar-refractivity contribution in [2.45, 2.75) is 80.1 Å². The van der Waals surface area contributed by atoms with Crippen molar-refractivity contribution in [2.24, 2.45) is 0 Å². The van der Waals surface area contributed by atoms with Gasteiger partial charge in [0.1, 0.15) is 11.6 Å². The third-order valence-corrected chi connectivity index (χ3v) is 15.8. The average molecular weight is 886 g/mol. The van der Waals surface area contributed by atoms with E-state index in [0.717, 1.165) is 36.9 Å². The van der Waals surface area contributed by atoms with Gasteiger partial charge in [0.2, 0.25) is 0 Å². The van der Waals surface area contributed by atoms with Gasteiger partial charge in [0, 0.05) is 68.1 Å². The number of amides is 1. The van der Waals surface area contributed by atoms with Crippen LogP contribution in [0.25, 0.3) is 22.7 Å². The molecule has 1 atom stereocenters. The summed E-state index contributed by atoms with van der Waals surface area (Å²) < 4.78 is 58.1. The van der Waals surface area contributed by atoms with E-state index in [1.807, 2.05) is 28.5 Å². The third kappa shape index (κ3) is 6.08. The Hall–Kier alpha value is -6.53. The first-order chi connectivity index (χ1) is 31.0. The van der Waals surface area contributed by atoms with Crippen LogP contribution in [0.1, 0.15) is 108 Å². The largest absolute Gasteiger partial charge is 0.438 e. The molecule has 5 aliphatic rings. The van der Waals surface area contributed by atoms with E-state index in [1.165, 1.54) is 26.8 Å². The second kappa shape index (κ2) is 14.2. The molecular formula is C46H44FN9O7S. The zero-order valence-electron chi connectivity index (χ0n) is 34.9. The van der Waals surface area contributed by atoms with Gasteiger partial charge in [0.05, 0.1) is 50.4 Å². The number of halogens is 1. The molecule has 0 bridgehead atoms. The first-order valence-corrected chi connectivity index (χ1v) is 23.6. The number of pyridine rings is 1. The summed E-state index contributed by atoms with van der Waals surface area (Å²) >= 11 is 0. The van der Waals surface area contributed by atoms with Crippen molar-refractivity contribution in [3.8, 4) is 17.2 Å². The Balaban J connectivity index is 0.988. The standard InChI is InChI=1S/C46H44FN9O7S/c1-26-39-36(9-16-52(26)42(57)34-24-32-22-29(27-10-19-62-20-11-27)8-15-53(32)40(34)46(12-13-46)43-49-44(58)63-51-43)50-56(31-4-6-35(47)33(23-31)28-2-3-28)41(39)55-18-17-54(45(55)59)30-5-7-38-37(25-30)48-14-21-64(38,60)61/h4-8,15,17-18,22-28,48H,2-3,9-14,16,19-21H2,1H3,(H,49,51,58)/t26-/m0/s1. The molecule has 16 nitrogen and oxygen atoms in total. The molecule has 1 saturated heterocycles. The molecule has 1 amide bonds. The number of fused-ring (bicyclic) bond motifs is 3.